The van der Waals surface area contributed by atoms with E-state index < -0.39 is 5.60 Å². The standard InChI is InChI=1S/C12H16N2O/c1-12(2,15)8-10-9-6-4-5-7-11(9)14(3)13-10/h4-7,15H,8H2,1-3H3. The van der Waals surface area contributed by atoms with Gasteiger partial charge in [0, 0.05) is 18.9 Å². The van der Waals surface area contributed by atoms with E-state index >= 15 is 0 Å². The van der Waals surface area contributed by atoms with E-state index in [2.05, 4.69) is 5.10 Å². The average molecular weight is 204 g/mol. The molecule has 0 radical (unpaired) electrons. The number of para-hydroxylation sites is 1. The van der Waals surface area contributed by atoms with E-state index in [1.54, 1.807) is 13.8 Å². The van der Waals surface area contributed by atoms with Crippen LogP contribution in [0.1, 0.15) is 19.5 Å². The number of nitrogens with zero attached hydrogens (tertiary/aromatic N) is 2. The summed E-state index contributed by atoms with van der Waals surface area (Å²) in [4.78, 5) is 0. The summed E-state index contributed by atoms with van der Waals surface area (Å²) >= 11 is 0. The first-order valence-electron chi connectivity index (χ1n) is 5.10. The largest absolute Gasteiger partial charge is 0.390 e. The van der Waals surface area contributed by atoms with E-state index in [9.17, 15) is 5.11 Å². The Hall–Kier alpha value is -1.35. The molecule has 1 N–H and O–H groups in total. The maximum absolute atomic E-state index is 9.79. The number of aromatic nitrogens is 2. The second-order valence-corrected chi connectivity index (χ2v) is 4.58. The summed E-state index contributed by atoms with van der Waals surface area (Å²) in [5.41, 5.74) is 1.36. The number of rotatable bonds is 2. The van der Waals surface area contributed by atoms with Crippen molar-refractivity contribution < 1.29 is 5.11 Å². The molecule has 80 valence electrons. The molecule has 2 rings (SSSR count). The van der Waals surface area contributed by atoms with Gasteiger partial charge in [-0.25, -0.2) is 0 Å². The molecule has 15 heavy (non-hydrogen) atoms. The lowest BCUT2D eigenvalue weighted by molar-refractivity contribution is 0.0801. The normalized spacial score (nSPS) is 12.3. The molecule has 1 aromatic heterocycles. The summed E-state index contributed by atoms with van der Waals surface area (Å²) in [6, 6.07) is 8.08. The zero-order chi connectivity index (χ0) is 11.1. The second-order valence-electron chi connectivity index (χ2n) is 4.58. The molecule has 0 aliphatic carbocycles. The van der Waals surface area contributed by atoms with E-state index in [-0.39, 0.29) is 0 Å². The Kier molecular flexibility index (Phi) is 2.27. The van der Waals surface area contributed by atoms with Crippen molar-refractivity contribution in [3.05, 3.63) is 30.0 Å². The van der Waals surface area contributed by atoms with Crippen LogP contribution in [0.25, 0.3) is 10.9 Å². The Morgan fingerprint density at radius 1 is 1.33 bits per heavy atom. The van der Waals surface area contributed by atoms with Gasteiger partial charge in [-0.15, -0.1) is 0 Å². The molecule has 2 aromatic rings. The van der Waals surface area contributed by atoms with Crippen LogP contribution in [0.15, 0.2) is 24.3 Å². The van der Waals surface area contributed by atoms with Gasteiger partial charge in [0.2, 0.25) is 0 Å². The van der Waals surface area contributed by atoms with Crippen molar-refractivity contribution in [2.24, 2.45) is 7.05 Å². The SMILES string of the molecule is Cn1nc(CC(C)(C)O)c2ccccc21. The summed E-state index contributed by atoms with van der Waals surface area (Å²) in [5.74, 6) is 0. The van der Waals surface area contributed by atoms with Crippen LogP contribution in [0.4, 0.5) is 0 Å². The van der Waals surface area contributed by atoms with Crippen LogP contribution in [0, 0.1) is 0 Å². The minimum Gasteiger partial charge on any atom is -0.390 e. The third-order valence-electron chi connectivity index (χ3n) is 2.43. The summed E-state index contributed by atoms with van der Waals surface area (Å²) in [7, 11) is 1.93. The molecule has 0 atom stereocenters. The van der Waals surface area contributed by atoms with Crippen LogP contribution >= 0.6 is 0 Å². The fraction of sp³-hybridized carbons (Fsp3) is 0.417. The number of benzene rings is 1. The Balaban J connectivity index is 2.53. The lowest BCUT2D eigenvalue weighted by atomic mass is 10.0. The number of hydrogen-bond acceptors (Lipinski definition) is 2. The molecule has 0 saturated heterocycles. The zero-order valence-corrected chi connectivity index (χ0v) is 9.36. The predicted molar refractivity (Wildman–Crippen MR) is 60.7 cm³/mol. The summed E-state index contributed by atoms with van der Waals surface area (Å²) < 4.78 is 1.86. The minimum atomic E-state index is -0.711. The van der Waals surface area contributed by atoms with Crippen molar-refractivity contribution in [1.82, 2.24) is 9.78 Å². The van der Waals surface area contributed by atoms with Crippen LogP contribution in [0.5, 0.6) is 0 Å². The maximum atomic E-state index is 9.79. The number of fused-ring (bicyclic) bond motifs is 1. The highest BCUT2D eigenvalue weighted by Gasteiger charge is 2.18. The van der Waals surface area contributed by atoms with E-state index in [4.69, 9.17) is 0 Å². The minimum absolute atomic E-state index is 0.578. The molecule has 0 unspecified atom stereocenters. The van der Waals surface area contributed by atoms with Gasteiger partial charge in [0.15, 0.2) is 0 Å². The smallest absolute Gasteiger partial charge is 0.0731 e. The fourth-order valence-corrected chi connectivity index (χ4v) is 1.83. The molecule has 3 nitrogen and oxygen atoms in total. The molecule has 0 bridgehead atoms. The average Bonchev–Trinajstić information content (AvgIpc) is 2.42. The van der Waals surface area contributed by atoms with Gasteiger partial charge in [-0.1, -0.05) is 18.2 Å². The van der Waals surface area contributed by atoms with Crippen molar-refractivity contribution in [1.29, 1.82) is 0 Å². The number of aryl methyl sites for hydroxylation is 1. The van der Waals surface area contributed by atoms with E-state index in [1.165, 1.54) is 0 Å². The lowest BCUT2D eigenvalue weighted by Gasteiger charge is -2.14. The molecule has 3 heteroatoms. The van der Waals surface area contributed by atoms with Gasteiger partial charge in [-0.05, 0) is 19.9 Å². The van der Waals surface area contributed by atoms with Gasteiger partial charge in [-0.3, -0.25) is 4.68 Å². The Morgan fingerprint density at radius 3 is 2.67 bits per heavy atom. The molecule has 1 heterocycles. The lowest BCUT2D eigenvalue weighted by Crippen LogP contribution is -2.22. The Morgan fingerprint density at radius 2 is 2.00 bits per heavy atom. The van der Waals surface area contributed by atoms with Gasteiger partial charge in [0.1, 0.15) is 0 Å². The van der Waals surface area contributed by atoms with Crippen LogP contribution < -0.4 is 0 Å². The molecule has 0 aliphatic rings. The summed E-state index contributed by atoms with van der Waals surface area (Å²) in [5, 5.41) is 15.3. The maximum Gasteiger partial charge on any atom is 0.0731 e. The third-order valence-corrected chi connectivity index (χ3v) is 2.43. The molecule has 0 spiro atoms. The van der Waals surface area contributed by atoms with E-state index in [0.717, 1.165) is 16.6 Å². The van der Waals surface area contributed by atoms with Crippen LogP contribution in [0.2, 0.25) is 0 Å². The predicted octanol–water partition coefficient (Wildman–Crippen LogP) is 1.89. The van der Waals surface area contributed by atoms with Crippen molar-refractivity contribution in [3.63, 3.8) is 0 Å². The first-order valence-corrected chi connectivity index (χ1v) is 5.10. The molecule has 1 aromatic carbocycles. The van der Waals surface area contributed by atoms with E-state index in [0.29, 0.717) is 6.42 Å². The first kappa shape index (κ1) is 10.2. The highest BCUT2D eigenvalue weighted by Crippen LogP contribution is 2.21. The molecular weight excluding hydrogens is 188 g/mol. The Bertz CT molecular complexity index is 480. The monoisotopic (exact) mass is 204 g/mol. The van der Waals surface area contributed by atoms with Crippen molar-refractivity contribution >= 4 is 10.9 Å². The quantitative estimate of drug-likeness (QED) is 0.811. The van der Waals surface area contributed by atoms with Crippen LogP contribution in [-0.2, 0) is 13.5 Å². The van der Waals surface area contributed by atoms with Gasteiger partial charge < -0.3 is 5.11 Å². The van der Waals surface area contributed by atoms with Gasteiger partial charge in [-0.2, -0.15) is 5.10 Å². The van der Waals surface area contributed by atoms with Crippen molar-refractivity contribution in [2.75, 3.05) is 0 Å². The molecule has 0 fully saturated rings. The summed E-state index contributed by atoms with van der Waals surface area (Å²) in [6.45, 7) is 3.60. The van der Waals surface area contributed by atoms with Crippen molar-refractivity contribution in [2.45, 2.75) is 25.9 Å². The molecule has 0 amide bonds. The topological polar surface area (TPSA) is 38.0 Å². The Labute approximate surface area is 89.3 Å². The van der Waals surface area contributed by atoms with Gasteiger partial charge in [0.25, 0.3) is 0 Å². The molecular formula is C12H16N2O. The van der Waals surface area contributed by atoms with Gasteiger partial charge >= 0.3 is 0 Å². The molecule has 0 aliphatic heterocycles. The second kappa shape index (κ2) is 3.35. The highest BCUT2D eigenvalue weighted by molar-refractivity contribution is 5.81. The number of hydrogen-bond donors (Lipinski definition) is 1. The van der Waals surface area contributed by atoms with E-state index in [1.807, 2.05) is 36.0 Å². The molecule has 0 saturated carbocycles. The van der Waals surface area contributed by atoms with Crippen LogP contribution in [-0.4, -0.2) is 20.5 Å². The highest BCUT2D eigenvalue weighted by atomic mass is 16.3. The van der Waals surface area contributed by atoms with Crippen molar-refractivity contribution in [3.8, 4) is 0 Å². The summed E-state index contributed by atoms with van der Waals surface area (Å²) in [6.07, 6.45) is 0.578. The van der Waals surface area contributed by atoms with Crippen LogP contribution in [0.3, 0.4) is 0 Å². The first-order chi connectivity index (χ1) is 6.97. The third kappa shape index (κ3) is 2.02. The van der Waals surface area contributed by atoms with Gasteiger partial charge in [0.05, 0.1) is 16.8 Å². The fourth-order valence-electron chi connectivity index (χ4n) is 1.83. The number of aliphatic hydroxyl groups is 1. The zero-order valence-electron chi connectivity index (χ0n) is 9.36.